The minimum atomic E-state index is -0.518. The number of ether oxygens (including phenoxy) is 1. The van der Waals surface area contributed by atoms with Crippen LogP contribution in [-0.2, 0) is 0 Å². The van der Waals surface area contributed by atoms with Gasteiger partial charge in [0, 0.05) is 5.56 Å². The van der Waals surface area contributed by atoms with Gasteiger partial charge in [0.05, 0.1) is 6.10 Å². The highest BCUT2D eigenvalue weighted by Gasteiger charge is 2.08. The van der Waals surface area contributed by atoms with Crippen molar-refractivity contribution < 1.29 is 9.84 Å². The van der Waals surface area contributed by atoms with Crippen molar-refractivity contribution in [3.8, 4) is 17.6 Å². The third-order valence-electron chi connectivity index (χ3n) is 2.10. The molecule has 0 aliphatic carbocycles. The van der Waals surface area contributed by atoms with E-state index in [0.717, 1.165) is 11.1 Å². The van der Waals surface area contributed by atoms with Crippen LogP contribution in [0.15, 0.2) is 18.2 Å². The Morgan fingerprint density at radius 2 is 2.20 bits per heavy atom. The molecular weight excluding hydrogens is 188 g/mol. The van der Waals surface area contributed by atoms with Crippen LogP contribution in [0, 0.1) is 18.8 Å². The maximum Gasteiger partial charge on any atom is 0.149 e. The molecule has 0 spiro atoms. The average Bonchev–Trinajstić information content (AvgIpc) is 2.18. The molecule has 0 radical (unpaired) electrons. The van der Waals surface area contributed by atoms with Crippen molar-refractivity contribution in [3.05, 3.63) is 29.3 Å². The fourth-order valence-electron chi connectivity index (χ4n) is 1.30. The second-order valence-corrected chi connectivity index (χ2v) is 3.43. The summed E-state index contributed by atoms with van der Waals surface area (Å²) in [7, 11) is 0. The summed E-state index contributed by atoms with van der Waals surface area (Å²) < 4.78 is 5.49. The zero-order valence-corrected chi connectivity index (χ0v) is 9.37. The Morgan fingerprint density at radius 3 is 2.80 bits per heavy atom. The normalized spacial score (nSPS) is 11.5. The number of benzene rings is 1. The van der Waals surface area contributed by atoms with Gasteiger partial charge in [-0.15, -0.1) is 5.92 Å². The van der Waals surface area contributed by atoms with Crippen LogP contribution in [0.1, 0.15) is 31.1 Å². The van der Waals surface area contributed by atoms with Gasteiger partial charge in [-0.1, -0.05) is 18.1 Å². The Bertz CT molecular complexity index is 383. The highest BCUT2D eigenvalue weighted by atomic mass is 16.5. The molecule has 1 aromatic rings. The van der Waals surface area contributed by atoms with Crippen molar-refractivity contribution in [1.82, 2.24) is 0 Å². The van der Waals surface area contributed by atoms with Crippen molar-refractivity contribution in [1.29, 1.82) is 0 Å². The molecule has 1 aromatic carbocycles. The topological polar surface area (TPSA) is 29.5 Å². The van der Waals surface area contributed by atoms with Crippen molar-refractivity contribution in [2.75, 3.05) is 6.61 Å². The molecule has 2 nitrogen and oxygen atoms in total. The van der Waals surface area contributed by atoms with Gasteiger partial charge in [-0.25, -0.2) is 0 Å². The lowest BCUT2D eigenvalue weighted by atomic mass is 10.1. The summed E-state index contributed by atoms with van der Waals surface area (Å²) in [5, 5.41) is 9.54. The highest BCUT2D eigenvalue weighted by molar-refractivity contribution is 5.38. The molecular formula is C13H16O2. The Kier molecular flexibility index (Phi) is 4.20. The van der Waals surface area contributed by atoms with Crippen LogP contribution in [-0.4, -0.2) is 11.7 Å². The quantitative estimate of drug-likeness (QED) is 0.766. The molecule has 1 atom stereocenters. The van der Waals surface area contributed by atoms with E-state index in [-0.39, 0.29) is 0 Å². The molecule has 0 aliphatic rings. The number of rotatable bonds is 3. The molecule has 0 saturated heterocycles. The minimum absolute atomic E-state index is 0.361. The van der Waals surface area contributed by atoms with Crippen LogP contribution in [0.2, 0.25) is 0 Å². The SMILES string of the molecule is CC#CCOc1cc(C)ccc1[C@@H](C)O. The maximum atomic E-state index is 9.54. The number of hydrogen-bond donors (Lipinski definition) is 1. The van der Waals surface area contributed by atoms with Crippen molar-refractivity contribution in [2.45, 2.75) is 26.9 Å². The number of aryl methyl sites for hydroxylation is 1. The summed E-state index contributed by atoms with van der Waals surface area (Å²) in [5.41, 5.74) is 1.91. The van der Waals surface area contributed by atoms with E-state index < -0.39 is 6.10 Å². The van der Waals surface area contributed by atoms with Crippen molar-refractivity contribution in [2.24, 2.45) is 0 Å². The summed E-state index contributed by atoms with van der Waals surface area (Å²) in [6.07, 6.45) is -0.518. The van der Waals surface area contributed by atoms with Crippen LogP contribution in [0.25, 0.3) is 0 Å². The molecule has 0 bridgehead atoms. The van der Waals surface area contributed by atoms with E-state index in [9.17, 15) is 5.11 Å². The maximum absolute atomic E-state index is 9.54. The summed E-state index contributed by atoms with van der Waals surface area (Å²) in [4.78, 5) is 0. The Labute approximate surface area is 90.9 Å². The molecule has 80 valence electrons. The molecule has 0 amide bonds. The van der Waals surface area contributed by atoms with Crippen LogP contribution in [0.5, 0.6) is 5.75 Å². The van der Waals surface area contributed by atoms with Crippen molar-refractivity contribution >= 4 is 0 Å². The summed E-state index contributed by atoms with van der Waals surface area (Å²) in [6, 6.07) is 5.76. The van der Waals surface area contributed by atoms with Crippen LogP contribution in [0.4, 0.5) is 0 Å². The monoisotopic (exact) mass is 204 g/mol. The van der Waals surface area contributed by atoms with Gasteiger partial charge in [-0.3, -0.25) is 0 Å². The van der Waals surface area contributed by atoms with Gasteiger partial charge in [0.15, 0.2) is 0 Å². The smallest absolute Gasteiger partial charge is 0.149 e. The third kappa shape index (κ3) is 3.30. The summed E-state index contributed by atoms with van der Waals surface area (Å²) >= 11 is 0. The van der Waals surface area contributed by atoms with E-state index in [0.29, 0.717) is 12.4 Å². The second-order valence-electron chi connectivity index (χ2n) is 3.43. The molecule has 0 aliphatic heterocycles. The Balaban J connectivity index is 2.90. The Morgan fingerprint density at radius 1 is 1.47 bits per heavy atom. The van der Waals surface area contributed by atoms with Crippen LogP contribution < -0.4 is 4.74 Å². The highest BCUT2D eigenvalue weighted by Crippen LogP contribution is 2.26. The first kappa shape index (κ1) is 11.6. The first-order valence-corrected chi connectivity index (χ1v) is 4.96. The van der Waals surface area contributed by atoms with E-state index in [1.165, 1.54) is 0 Å². The molecule has 0 aromatic heterocycles. The minimum Gasteiger partial charge on any atom is -0.481 e. The third-order valence-corrected chi connectivity index (χ3v) is 2.10. The largest absolute Gasteiger partial charge is 0.481 e. The van der Waals surface area contributed by atoms with E-state index in [1.807, 2.05) is 25.1 Å². The van der Waals surface area contributed by atoms with Crippen molar-refractivity contribution in [3.63, 3.8) is 0 Å². The predicted octanol–water partition coefficient (Wildman–Crippen LogP) is 2.45. The summed E-state index contributed by atoms with van der Waals surface area (Å²) in [5.74, 6) is 6.31. The molecule has 0 fully saturated rings. The first-order valence-electron chi connectivity index (χ1n) is 4.96. The fourth-order valence-corrected chi connectivity index (χ4v) is 1.30. The Hall–Kier alpha value is -1.46. The van der Waals surface area contributed by atoms with Crippen LogP contribution in [0.3, 0.4) is 0 Å². The summed E-state index contributed by atoms with van der Waals surface area (Å²) in [6.45, 7) is 5.85. The molecule has 2 heteroatoms. The fraction of sp³-hybridized carbons (Fsp3) is 0.385. The zero-order valence-electron chi connectivity index (χ0n) is 9.37. The van der Waals surface area contributed by atoms with E-state index in [2.05, 4.69) is 11.8 Å². The van der Waals surface area contributed by atoms with E-state index >= 15 is 0 Å². The molecule has 1 N–H and O–H groups in total. The van der Waals surface area contributed by atoms with Gasteiger partial charge in [-0.05, 0) is 32.4 Å². The standard InChI is InChI=1S/C13H16O2/c1-4-5-8-15-13-9-10(2)6-7-12(13)11(3)14/h6-7,9,11,14H,8H2,1-3H3/t11-/m1/s1. The molecule has 15 heavy (non-hydrogen) atoms. The van der Waals surface area contributed by atoms with Gasteiger partial charge in [0.25, 0.3) is 0 Å². The second kappa shape index (κ2) is 5.43. The van der Waals surface area contributed by atoms with Gasteiger partial charge < -0.3 is 9.84 Å². The predicted molar refractivity (Wildman–Crippen MR) is 60.8 cm³/mol. The number of aliphatic hydroxyl groups excluding tert-OH is 1. The van der Waals surface area contributed by atoms with Crippen LogP contribution >= 0.6 is 0 Å². The first-order chi connectivity index (χ1) is 7.15. The average molecular weight is 204 g/mol. The molecule has 0 unspecified atom stereocenters. The van der Waals surface area contributed by atoms with Gasteiger partial charge in [0.2, 0.25) is 0 Å². The van der Waals surface area contributed by atoms with Gasteiger partial charge >= 0.3 is 0 Å². The van der Waals surface area contributed by atoms with Gasteiger partial charge in [-0.2, -0.15) is 0 Å². The lowest BCUT2D eigenvalue weighted by Gasteiger charge is -2.12. The zero-order chi connectivity index (χ0) is 11.3. The lowest BCUT2D eigenvalue weighted by Crippen LogP contribution is -2.01. The number of hydrogen-bond acceptors (Lipinski definition) is 2. The number of aliphatic hydroxyl groups is 1. The van der Waals surface area contributed by atoms with E-state index in [1.54, 1.807) is 13.8 Å². The molecule has 1 rings (SSSR count). The van der Waals surface area contributed by atoms with E-state index in [4.69, 9.17) is 4.74 Å². The van der Waals surface area contributed by atoms with Gasteiger partial charge in [0.1, 0.15) is 12.4 Å². The molecule has 0 saturated carbocycles. The lowest BCUT2D eigenvalue weighted by molar-refractivity contribution is 0.193. The molecule has 0 heterocycles.